The summed E-state index contributed by atoms with van der Waals surface area (Å²) in [6.45, 7) is 3.21. The van der Waals surface area contributed by atoms with Gasteiger partial charge in [-0.15, -0.1) is 0 Å². The quantitative estimate of drug-likeness (QED) is 0.286. The van der Waals surface area contributed by atoms with Crippen molar-refractivity contribution in [1.29, 1.82) is 0 Å². The van der Waals surface area contributed by atoms with Crippen LogP contribution in [0.3, 0.4) is 0 Å². The fourth-order valence-electron chi connectivity index (χ4n) is 3.34. The number of carbonyl (C=O) groups is 1. The summed E-state index contributed by atoms with van der Waals surface area (Å²) in [5, 5.41) is 4.83. The Kier molecular flexibility index (Phi) is 6.65. The van der Waals surface area contributed by atoms with E-state index in [1.54, 1.807) is 12.0 Å². The number of aryl methyl sites for hydroxylation is 1. The SMILES string of the molecule is COCCCN1C(=O)C(=Cc2cn(-c3ccccc3)nc2-c2ccc(C)cc2)SC1=S. The predicted octanol–water partition coefficient (Wildman–Crippen LogP) is 5.09. The van der Waals surface area contributed by atoms with Crippen LogP contribution in [0, 0.1) is 6.92 Å². The zero-order valence-corrected chi connectivity index (χ0v) is 19.1. The fourth-order valence-corrected chi connectivity index (χ4v) is 4.64. The molecule has 2 aromatic carbocycles. The second-order valence-electron chi connectivity index (χ2n) is 7.26. The normalized spacial score (nSPS) is 15.3. The van der Waals surface area contributed by atoms with Crippen molar-refractivity contribution in [3.05, 3.63) is 76.8 Å². The lowest BCUT2D eigenvalue weighted by Crippen LogP contribution is -2.29. The molecular formula is C24H23N3O2S2. The van der Waals surface area contributed by atoms with Crippen molar-refractivity contribution in [1.82, 2.24) is 14.7 Å². The number of hydrogen-bond acceptors (Lipinski definition) is 5. The summed E-state index contributed by atoms with van der Waals surface area (Å²) < 4.78 is 7.53. The maximum absolute atomic E-state index is 13.0. The maximum atomic E-state index is 13.0. The Morgan fingerprint density at radius 2 is 1.87 bits per heavy atom. The molecule has 0 radical (unpaired) electrons. The van der Waals surface area contributed by atoms with Crippen LogP contribution in [0.5, 0.6) is 0 Å². The average Bonchev–Trinajstić information content (AvgIpc) is 3.31. The topological polar surface area (TPSA) is 47.4 Å². The third kappa shape index (κ3) is 4.79. The van der Waals surface area contributed by atoms with Crippen LogP contribution in [-0.4, -0.2) is 45.2 Å². The summed E-state index contributed by atoms with van der Waals surface area (Å²) in [5.74, 6) is -0.0616. The van der Waals surface area contributed by atoms with Crippen LogP contribution < -0.4 is 0 Å². The van der Waals surface area contributed by atoms with Gasteiger partial charge in [-0.05, 0) is 31.6 Å². The summed E-state index contributed by atoms with van der Waals surface area (Å²) in [5.41, 5.74) is 4.85. The molecule has 0 atom stereocenters. The van der Waals surface area contributed by atoms with Gasteiger partial charge in [0.05, 0.1) is 16.3 Å². The zero-order valence-electron chi connectivity index (χ0n) is 17.4. The van der Waals surface area contributed by atoms with Crippen molar-refractivity contribution >= 4 is 40.3 Å². The number of benzene rings is 2. The molecule has 31 heavy (non-hydrogen) atoms. The Bertz CT molecular complexity index is 1120. The van der Waals surface area contributed by atoms with Gasteiger partial charge in [0.15, 0.2) is 0 Å². The van der Waals surface area contributed by atoms with Gasteiger partial charge in [-0.25, -0.2) is 4.68 Å². The molecule has 0 aliphatic carbocycles. The molecule has 0 saturated carbocycles. The molecule has 0 N–H and O–H groups in total. The highest BCUT2D eigenvalue weighted by molar-refractivity contribution is 8.26. The highest BCUT2D eigenvalue weighted by Gasteiger charge is 2.32. The number of thioether (sulfide) groups is 1. The number of hydrogen-bond donors (Lipinski definition) is 0. The second-order valence-corrected chi connectivity index (χ2v) is 8.93. The third-order valence-electron chi connectivity index (χ3n) is 4.98. The summed E-state index contributed by atoms with van der Waals surface area (Å²) in [6, 6.07) is 18.2. The van der Waals surface area contributed by atoms with Crippen molar-refractivity contribution in [3.63, 3.8) is 0 Å². The molecule has 158 valence electrons. The molecule has 1 fully saturated rings. The van der Waals surface area contributed by atoms with E-state index in [2.05, 4.69) is 31.2 Å². The van der Waals surface area contributed by atoms with Gasteiger partial charge in [-0.1, -0.05) is 72.0 Å². The number of para-hydroxylation sites is 1. The standard InChI is InChI=1S/C24H23N3O2S2/c1-17-9-11-18(12-10-17)22-19(16-27(25-22)20-7-4-3-5-8-20)15-21-23(28)26(24(30)31-21)13-6-14-29-2/h3-5,7-12,15-16H,6,13-14H2,1-2H3. The average molecular weight is 450 g/mol. The van der Waals surface area contributed by atoms with E-state index in [4.69, 9.17) is 22.1 Å². The van der Waals surface area contributed by atoms with E-state index in [1.807, 2.05) is 47.3 Å². The van der Waals surface area contributed by atoms with Gasteiger partial charge < -0.3 is 4.74 Å². The van der Waals surface area contributed by atoms with E-state index in [-0.39, 0.29) is 5.91 Å². The second kappa shape index (κ2) is 9.60. The smallest absolute Gasteiger partial charge is 0.266 e. The van der Waals surface area contributed by atoms with E-state index < -0.39 is 0 Å². The molecule has 4 rings (SSSR count). The summed E-state index contributed by atoms with van der Waals surface area (Å²) in [7, 11) is 1.65. The van der Waals surface area contributed by atoms with Gasteiger partial charge in [-0.3, -0.25) is 9.69 Å². The van der Waals surface area contributed by atoms with E-state index in [0.29, 0.717) is 22.4 Å². The lowest BCUT2D eigenvalue weighted by atomic mass is 10.1. The predicted molar refractivity (Wildman–Crippen MR) is 130 cm³/mol. The number of thiocarbonyl (C=S) groups is 1. The fraction of sp³-hybridized carbons (Fsp3) is 0.208. The number of carbonyl (C=O) groups excluding carboxylic acids is 1. The van der Waals surface area contributed by atoms with Crippen LogP contribution in [0.4, 0.5) is 0 Å². The molecule has 1 aliphatic rings. The Morgan fingerprint density at radius 3 is 2.58 bits per heavy atom. The van der Waals surface area contributed by atoms with Crippen molar-refractivity contribution < 1.29 is 9.53 Å². The van der Waals surface area contributed by atoms with Crippen molar-refractivity contribution in [2.24, 2.45) is 0 Å². The Labute approximate surface area is 191 Å². The first-order valence-electron chi connectivity index (χ1n) is 10.0. The van der Waals surface area contributed by atoms with Gasteiger partial charge in [-0.2, -0.15) is 5.10 Å². The molecular weight excluding hydrogens is 426 g/mol. The first-order chi connectivity index (χ1) is 15.1. The molecule has 1 aliphatic heterocycles. The number of amides is 1. The molecule has 5 nitrogen and oxygen atoms in total. The number of methoxy groups -OCH3 is 1. The Hall–Kier alpha value is -2.74. The minimum absolute atomic E-state index is 0.0616. The van der Waals surface area contributed by atoms with Crippen molar-refractivity contribution in [3.8, 4) is 16.9 Å². The lowest BCUT2D eigenvalue weighted by Gasteiger charge is -2.13. The number of rotatable bonds is 7. The Morgan fingerprint density at radius 1 is 1.13 bits per heavy atom. The highest BCUT2D eigenvalue weighted by Crippen LogP contribution is 2.35. The minimum atomic E-state index is -0.0616. The largest absolute Gasteiger partial charge is 0.385 e. The van der Waals surface area contributed by atoms with Gasteiger partial charge in [0, 0.05) is 37.6 Å². The molecule has 0 unspecified atom stereocenters. The third-order valence-corrected chi connectivity index (χ3v) is 6.36. The lowest BCUT2D eigenvalue weighted by molar-refractivity contribution is -0.122. The molecule has 1 amide bonds. The molecule has 2 heterocycles. The monoisotopic (exact) mass is 449 g/mol. The van der Waals surface area contributed by atoms with Gasteiger partial charge in [0.2, 0.25) is 0 Å². The van der Waals surface area contributed by atoms with E-state index in [0.717, 1.165) is 28.9 Å². The first kappa shape index (κ1) is 21.5. The van der Waals surface area contributed by atoms with Crippen LogP contribution in [0.15, 0.2) is 65.7 Å². The maximum Gasteiger partial charge on any atom is 0.266 e. The zero-order chi connectivity index (χ0) is 21.8. The van der Waals surface area contributed by atoms with Crippen LogP contribution in [-0.2, 0) is 9.53 Å². The summed E-state index contributed by atoms with van der Waals surface area (Å²) in [4.78, 5) is 15.2. The molecule has 1 saturated heterocycles. The van der Waals surface area contributed by atoms with Crippen LogP contribution in [0.2, 0.25) is 0 Å². The van der Waals surface area contributed by atoms with Crippen LogP contribution >= 0.6 is 24.0 Å². The molecule has 0 spiro atoms. The van der Waals surface area contributed by atoms with Crippen LogP contribution in [0.1, 0.15) is 17.5 Å². The van der Waals surface area contributed by atoms with E-state index >= 15 is 0 Å². The van der Waals surface area contributed by atoms with Crippen molar-refractivity contribution in [2.75, 3.05) is 20.3 Å². The molecule has 3 aromatic rings. The highest BCUT2D eigenvalue weighted by atomic mass is 32.2. The Balaban J connectivity index is 1.71. The summed E-state index contributed by atoms with van der Waals surface area (Å²) in [6.07, 6.45) is 4.61. The van der Waals surface area contributed by atoms with Crippen molar-refractivity contribution in [2.45, 2.75) is 13.3 Å². The number of ether oxygens (including phenoxy) is 1. The molecule has 1 aromatic heterocycles. The number of aromatic nitrogens is 2. The van der Waals surface area contributed by atoms with E-state index in [1.165, 1.54) is 17.3 Å². The van der Waals surface area contributed by atoms with E-state index in [9.17, 15) is 4.79 Å². The van der Waals surface area contributed by atoms with Gasteiger partial charge >= 0.3 is 0 Å². The molecule has 7 heteroatoms. The van der Waals surface area contributed by atoms with Crippen LogP contribution in [0.25, 0.3) is 23.0 Å². The van der Waals surface area contributed by atoms with Gasteiger partial charge in [0.1, 0.15) is 4.32 Å². The molecule has 0 bridgehead atoms. The summed E-state index contributed by atoms with van der Waals surface area (Å²) >= 11 is 6.79. The first-order valence-corrected chi connectivity index (χ1v) is 11.3. The number of nitrogens with zero attached hydrogens (tertiary/aromatic N) is 3. The van der Waals surface area contributed by atoms with Gasteiger partial charge in [0.25, 0.3) is 5.91 Å². The minimum Gasteiger partial charge on any atom is -0.385 e.